The second kappa shape index (κ2) is 7.18. The average molecular weight is 353 g/mol. The van der Waals surface area contributed by atoms with Gasteiger partial charge in [-0.25, -0.2) is 0 Å². The minimum absolute atomic E-state index is 0.0116. The van der Waals surface area contributed by atoms with E-state index in [1.807, 2.05) is 43.9 Å². The van der Waals surface area contributed by atoms with Crippen LogP contribution in [0.1, 0.15) is 54.4 Å². The molecule has 0 spiro atoms. The molecule has 1 saturated heterocycles. The summed E-state index contributed by atoms with van der Waals surface area (Å²) in [4.78, 5) is 38.9. The second-order valence-electron chi connectivity index (χ2n) is 7.79. The lowest BCUT2D eigenvalue weighted by atomic mass is 9.86. The van der Waals surface area contributed by atoms with Crippen LogP contribution in [0.2, 0.25) is 0 Å². The van der Waals surface area contributed by atoms with E-state index in [1.165, 1.54) is 0 Å². The number of piperidine rings is 1. The Bertz CT molecular complexity index is 775. The molecule has 1 aliphatic heterocycles. The van der Waals surface area contributed by atoms with E-state index in [9.17, 15) is 14.4 Å². The smallest absolute Gasteiger partial charge is 0.219 e. The number of carbonyl (C=O) groups excluding carboxylic acids is 3. The molecule has 1 heterocycles. The maximum Gasteiger partial charge on any atom is 0.219 e. The van der Waals surface area contributed by atoms with Gasteiger partial charge in [0.2, 0.25) is 5.91 Å². The lowest BCUT2D eigenvalue weighted by Crippen LogP contribution is -2.36. The Morgan fingerprint density at radius 3 is 2.19 bits per heavy atom. The molecule has 138 valence electrons. The maximum atomic E-state index is 13.0. The van der Waals surface area contributed by atoms with E-state index in [-0.39, 0.29) is 29.8 Å². The molecular formula is C22H27NO3. The van der Waals surface area contributed by atoms with Gasteiger partial charge in [-0.1, -0.05) is 23.8 Å². The summed E-state index contributed by atoms with van der Waals surface area (Å²) in [7, 11) is 0. The van der Waals surface area contributed by atoms with Crippen molar-refractivity contribution in [3.8, 4) is 0 Å². The topological polar surface area (TPSA) is 54.5 Å². The van der Waals surface area contributed by atoms with Crippen molar-refractivity contribution in [2.75, 3.05) is 13.1 Å². The molecule has 1 saturated carbocycles. The normalized spacial score (nSPS) is 23.2. The number of amides is 1. The number of allylic oxidation sites excluding steroid dienone is 2. The molecular weight excluding hydrogens is 326 g/mol. The molecule has 1 aromatic carbocycles. The van der Waals surface area contributed by atoms with E-state index in [0.717, 1.165) is 48.2 Å². The van der Waals surface area contributed by atoms with Crippen LogP contribution in [0.5, 0.6) is 0 Å². The number of Topliss-reactive ketones (excluding diaryl/α,β-unsaturated/α-hetero) is 2. The highest BCUT2D eigenvalue weighted by molar-refractivity contribution is 6.23. The fourth-order valence-corrected chi connectivity index (χ4v) is 4.45. The van der Waals surface area contributed by atoms with E-state index in [2.05, 4.69) is 0 Å². The molecule has 1 aliphatic carbocycles. The van der Waals surface area contributed by atoms with Crippen LogP contribution in [0.25, 0.3) is 0 Å². The van der Waals surface area contributed by atoms with Gasteiger partial charge in [0, 0.05) is 26.4 Å². The zero-order valence-corrected chi connectivity index (χ0v) is 16.1. The van der Waals surface area contributed by atoms with Crippen molar-refractivity contribution < 1.29 is 14.4 Å². The van der Waals surface area contributed by atoms with Crippen molar-refractivity contribution in [3.63, 3.8) is 0 Å². The summed E-state index contributed by atoms with van der Waals surface area (Å²) >= 11 is 0. The molecule has 1 aromatic rings. The highest BCUT2D eigenvalue weighted by Crippen LogP contribution is 2.37. The predicted molar refractivity (Wildman–Crippen MR) is 101 cm³/mol. The number of nitrogens with zero attached hydrogens (tertiary/aromatic N) is 1. The number of likely N-dealkylation sites (tertiary alicyclic amines) is 1. The number of ketones is 2. The fourth-order valence-electron chi connectivity index (χ4n) is 4.45. The van der Waals surface area contributed by atoms with E-state index in [0.29, 0.717) is 5.57 Å². The molecule has 0 radical (unpaired) electrons. The van der Waals surface area contributed by atoms with Crippen LogP contribution in [0.15, 0.2) is 23.8 Å². The van der Waals surface area contributed by atoms with E-state index < -0.39 is 5.92 Å². The van der Waals surface area contributed by atoms with Gasteiger partial charge in [0.05, 0.1) is 0 Å². The third-order valence-corrected chi connectivity index (χ3v) is 5.71. The molecule has 2 fully saturated rings. The molecule has 4 heteroatoms. The zero-order chi connectivity index (χ0) is 19.0. The van der Waals surface area contributed by atoms with Crippen LogP contribution in [-0.2, 0) is 14.4 Å². The first kappa shape index (κ1) is 18.6. The number of rotatable bonds is 2. The summed E-state index contributed by atoms with van der Waals surface area (Å²) in [6, 6.07) is 4.09. The van der Waals surface area contributed by atoms with Crippen molar-refractivity contribution in [1.82, 2.24) is 4.90 Å². The second-order valence-corrected chi connectivity index (χ2v) is 7.79. The van der Waals surface area contributed by atoms with Crippen molar-refractivity contribution in [2.24, 2.45) is 5.92 Å². The molecule has 0 aromatic heterocycles. The molecule has 4 nitrogen and oxygen atoms in total. The van der Waals surface area contributed by atoms with Crippen molar-refractivity contribution in [2.45, 2.75) is 52.9 Å². The number of carbonyl (C=O) groups is 3. The van der Waals surface area contributed by atoms with Crippen molar-refractivity contribution in [3.05, 3.63) is 46.0 Å². The van der Waals surface area contributed by atoms with Gasteiger partial charge in [-0.2, -0.15) is 0 Å². The lowest BCUT2D eigenvalue weighted by molar-refractivity contribution is -0.130. The minimum Gasteiger partial charge on any atom is -0.343 e. The van der Waals surface area contributed by atoms with E-state index in [4.69, 9.17) is 0 Å². The highest BCUT2D eigenvalue weighted by Gasteiger charge is 2.40. The molecule has 26 heavy (non-hydrogen) atoms. The Kier molecular flexibility index (Phi) is 5.12. The van der Waals surface area contributed by atoms with Gasteiger partial charge in [0.15, 0.2) is 11.6 Å². The van der Waals surface area contributed by atoms with E-state index in [1.54, 1.807) is 6.92 Å². The quantitative estimate of drug-likeness (QED) is 0.605. The number of hydrogen-bond donors (Lipinski definition) is 0. The summed E-state index contributed by atoms with van der Waals surface area (Å²) in [5.74, 6) is -0.277. The van der Waals surface area contributed by atoms with Crippen LogP contribution in [-0.4, -0.2) is 35.5 Å². The SMILES string of the molecule is CC(=O)N1CCC(C=C2CC(=O)C(c3c(C)cc(C)cc3C)C2=O)CC1. The van der Waals surface area contributed by atoms with Gasteiger partial charge in [-0.15, -0.1) is 0 Å². The van der Waals surface area contributed by atoms with Gasteiger partial charge in [-0.05, 0) is 61.8 Å². The van der Waals surface area contributed by atoms with E-state index >= 15 is 0 Å². The average Bonchev–Trinajstić information content (AvgIpc) is 2.82. The first-order valence-electron chi connectivity index (χ1n) is 9.38. The third kappa shape index (κ3) is 3.50. The zero-order valence-electron chi connectivity index (χ0n) is 16.1. The molecule has 1 unspecified atom stereocenters. The lowest BCUT2D eigenvalue weighted by Gasteiger charge is -2.30. The molecule has 1 atom stereocenters. The fraction of sp³-hybridized carbons (Fsp3) is 0.500. The van der Waals surface area contributed by atoms with Crippen LogP contribution >= 0.6 is 0 Å². The van der Waals surface area contributed by atoms with Crippen LogP contribution in [0.4, 0.5) is 0 Å². The molecule has 1 amide bonds. The van der Waals surface area contributed by atoms with Crippen molar-refractivity contribution in [1.29, 1.82) is 0 Å². The summed E-state index contributed by atoms with van der Waals surface area (Å²) < 4.78 is 0. The molecule has 3 rings (SSSR count). The first-order valence-corrected chi connectivity index (χ1v) is 9.38. The van der Waals surface area contributed by atoms with Gasteiger partial charge < -0.3 is 4.90 Å². The third-order valence-electron chi connectivity index (χ3n) is 5.71. The predicted octanol–water partition coefficient (Wildman–Crippen LogP) is 3.42. The van der Waals surface area contributed by atoms with Crippen LogP contribution in [0.3, 0.4) is 0 Å². The summed E-state index contributed by atoms with van der Waals surface area (Å²) in [5.41, 5.74) is 4.74. The van der Waals surface area contributed by atoms with Gasteiger partial charge in [0.1, 0.15) is 5.92 Å². The summed E-state index contributed by atoms with van der Waals surface area (Å²) in [6.45, 7) is 9.04. The number of hydrogen-bond acceptors (Lipinski definition) is 3. The maximum absolute atomic E-state index is 13.0. The van der Waals surface area contributed by atoms with Gasteiger partial charge >= 0.3 is 0 Å². The Balaban J connectivity index is 1.81. The molecule has 0 N–H and O–H groups in total. The Morgan fingerprint density at radius 1 is 1.08 bits per heavy atom. The van der Waals surface area contributed by atoms with Gasteiger partial charge in [-0.3, -0.25) is 14.4 Å². The Morgan fingerprint density at radius 2 is 1.65 bits per heavy atom. The Labute approximate surface area is 155 Å². The van der Waals surface area contributed by atoms with Crippen molar-refractivity contribution >= 4 is 17.5 Å². The monoisotopic (exact) mass is 353 g/mol. The summed E-state index contributed by atoms with van der Waals surface area (Å²) in [5, 5.41) is 0. The minimum atomic E-state index is -0.640. The Hall–Kier alpha value is -2.23. The first-order chi connectivity index (χ1) is 12.3. The van der Waals surface area contributed by atoms with Crippen LogP contribution < -0.4 is 0 Å². The standard InChI is InChI=1S/C22H27NO3/c1-13-9-14(2)20(15(3)10-13)21-19(25)12-18(22(21)26)11-17-5-7-23(8-6-17)16(4)24/h9-11,17,21H,5-8,12H2,1-4H3. The molecule has 2 aliphatic rings. The number of aryl methyl sites for hydroxylation is 3. The van der Waals surface area contributed by atoms with Crippen LogP contribution in [0, 0.1) is 26.7 Å². The number of benzene rings is 1. The largest absolute Gasteiger partial charge is 0.343 e. The molecule has 0 bridgehead atoms. The van der Waals surface area contributed by atoms with Gasteiger partial charge in [0.25, 0.3) is 0 Å². The summed E-state index contributed by atoms with van der Waals surface area (Å²) in [6.07, 6.45) is 3.97. The highest BCUT2D eigenvalue weighted by atomic mass is 16.2.